The third kappa shape index (κ3) is 4.66. The first-order valence-electron chi connectivity index (χ1n) is 7.10. The van der Waals surface area contributed by atoms with E-state index in [4.69, 9.17) is 5.73 Å². The SMILES string of the molecule is CCCCC(C)NC(=O)C1CC(C)CCC1N. The van der Waals surface area contributed by atoms with Crippen molar-refractivity contribution in [1.29, 1.82) is 0 Å². The molecule has 0 aromatic carbocycles. The van der Waals surface area contributed by atoms with Crippen LogP contribution in [0, 0.1) is 11.8 Å². The van der Waals surface area contributed by atoms with E-state index >= 15 is 0 Å². The zero-order valence-corrected chi connectivity index (χ0v) is 11.5. The van der Waals surface area contributed by atoms with E-state index in [2.05, 4.69) is 26.1 Å². The van der Waals surface area contributed by atoms with Gasteiger partial charge in [-0.2, -0.15) is 0 Å². The van der Waals surface area contributed by atoms with Gasteiger partial charge in [0.25, 0.3) is 0 Å². The summed E-state index contributed by atoms with van der Waals surface area (Å²) in [5, 5.41) is 3.12. The van der Waals surface area contributed by atoms with Gasteiger partial charge in [0, 0.05) is 12.1 Å². The summed E-state index contributed by atoms with van der Waals surface area (Å²) in [6.07, 6.45) is 6.53. The van der Waals surface area contributed by atoms with Crippen LogP contribution in [0.4, 0.5) is 0 Å². The minimum atomic E-state index is 0.0304. The minimum absolute atomic E-state index is 0.0304. The Morgan fingerprint density at radius 2 is 2.18 bits per heavy atom. The Kier molecular flexibility index (Phi) is 5.96. The average molecular weight is 240 g/mol. The van der Waals surface area contributed by atoms with Gasteiger partial charge in [0.15, 0.2) is 0 Å². The molecule has 100 valence electrons. The second-order valence-corrected chi connectivity index (χ2v) is 5.74. The van der Waals surface area contributed by atoms with Crippen molar-refractivity contribution in [2.24, 2.45) is 17.6 Å². The molecule has 4 unspecified atom stereocenters. The highest BCUT2D eigenvalue weighted by Gasteiger charge is 2.31. The standard InChI is InChI=1S/C14H28N2O/c1-4-5-6-11(3)16-14(17)12-9-10(2)7-8-13(12)15/h10-13H,4-9,15H2,1-3H3,(H,16,17). The van der Waals surface area contributed by atoms with Crippen LogP contribution in [-0.4, -0.2) is 18.0 Å². The van der Waals surface area contributed by atoms with E-state index in [1.54, 1.807) is 0 Å². The number of nitrogens with two attached hydrogens (primary N) is 1. The van der Waals surface area contributed by atoms with E-state index in [1.165, 1.54) is 12.8 Å². The summed E-state index contributed by atoms with van der Waals surface area (Å²) in [7, 11) is 0. The van der Waals surface area contributed by atoms with Gasteiger partial charge < -0.3 is 11.1 Å². The van der Waals surface area contributed by atoms with Crippen LogP contribution < -0.4 is 11.1 Å². The van der Waals surface area contributed by atoms with Crippen molar-refractivity contribution in [3.8, 4) is 0 Å². The Hall–Kier alpha value is -0.570. The quantitative estimate of drug-likeness (QED) is 0.775. The minimum Gasteiger partial charge on any atom is -0.353 e. The second kappa shape index (κ2) is 7.00. The van der Waals surface area contributed by atoms with E-state index in [0.29, 0.717) is 5.92 Å². The number of carbonyl (C=O) groups excluding carboxylic acids is 1. The number of unbranched alkanes of at least 4 members (excludes halogenated alkanes) is 1. The van der Waals surface area contributed by atoms with Crippen LogP contribution in [0.15, 0.2) is 0 Å². The summed E-state index contributed by atoms with van der Waals surface area (Å²) in [4.78, 5) is 12.1. The van der Waals surface area contributed by atoms with Gasteiger partial charge >= 0.3 is 0 Å². The van der Waals surface area contributed by atoms with Gasteiger partial charge in [0.05, 0.1) is 5.92 Å². The number of amides is 1. The molecule has 0 saturated heterocycles. The van der Waals surface area contributed by atoms with Crippen LogP contribution >= 0.6 is 0 Å². The fourth-order valence-corrected chi connectivity index (χ4v) is 2.64. The first kappa shape index (κ1) is 14.5. The van der Waals surface area contributed by atoms with Crippen LogP contribution in [0.5, 0.6) is 0 Å². The normalized spacial score (nSPS) is 30.9. The predicted octanol–water partition coefficient (Wildman–Crippen LogP) is 2.44. The lowest BCUT2D eigenvalue weighted by Gasteiger charge is -2.32. The van der Waals surface area contributed by atoms with E-state index < -0.39 is 0 Å². The Balaban J connectivity index is 2.39. The van der Waals surface area contributed by atoms with Gasteiger partial charge in [-0.1, -0.05) is 26.7 Å². The molecule has 1 fully saturated rings. The van der Waals surface area contributed by atoms with Crippen molar-refractivity contribution in [2.45, 2.75) is 71.4 Å². The topological polar surface area (TPSA) is 55.1 Å². The van der Waals surface area contributed by atoms with Crippen molar-refractivity contribution in [1.82, 2.24) is 5.32 Å². The monoisotopic (exact) mass is 240 g/mol. The van der Waals surface area contributed by atoms with Gasteiger partial charge in [-0.25, -0.2) is 0 Å². The molecule has 1 saturated carbocycles. The lowest BCUT2D eigenvalue weighted by Crippen LogP contribution is -2.47. The predicted molar refractivity (Wildman–Crippen MR) is 71.6 cm³/mol. The third-order valence-electron chi connectivity index (χ3n) is 3.88. The Morgan fingerprint density at radius 3 is 2.82 bits per heavy atom. The van der Waals surface area contributed by atoms with Crippen LogP contribution in [0.2, 0.25) is 0 Å². The summed E-state index contributed by atoms with van der Waals surface area (Å²) in [6.45, 7) is 6.48. The highest BCUT2D eigenvalue weighted by atomic mass is 16.2. The van der Waals surface area contributed by atoms with Gasteiger partial charge in [-0.3, -0.25) is 4.79 Å². The van der Waals surface area contributed by atoms with Crippen LogP contribution in [-0.2, 0) is 4.79 Å². The second-order valence-electron chi connectivity index (χ2n) is 5.74. The number of hydrogen-bond acceptors (Lipinski definition) is 2. The molecule has 0 bridgehead atoms. The number of rotatable bonds is 5. The molecule has 1 aliphatic carbocycles. The molecule has 17 heavy (non-hydrogen) atoms. The first-order chi connectivity index (χ1) is 8.04. The molecule has 3 nitrogen and oxygen atoms in total. The van der Waals surface area contributed by atoms with Crippen molar-refractivity contribution < 1.29 is 4.79 Å². The molecule has 1 rings (SSSR count). The molecule has 0 aliphatic heterocycles. The molecule has 0 aromatic heterocycles. The Bertz CT molecular complexity index is 242. The van der Waals surface area contributed by atoms with Crippen molar-refractivity contribution in [2.75, 3.05) is 0 Å². The molecule has 0 radical (unpaired) electrons. The fourth-order valence-electron chi connectivity index (χ4n) is 2.64. The molecular weight excluding hydrogens is 212 g/mol. The summed E-state index contributed by atoms with van der Waals surface area (Å²) in [5.74, 6) is 0.840. The first-order valence-corrected chi connectivity index (χ1v) is 7.10. The van der Waals surface area contributed by atoms with Crippen LogP contribution in [0.3, 0.4) is 0 Å². The van der Waals surface area contributed by atoms with Crippen LogP contribution in [0.25, 0.3) is 0 Å². The third-order valence-corrected chi connectivity index (χ3v) is 3.88. The summed E-state index contributed by atoms with van der Waals surface area (Å²) in [6, 6.07) is 0.344. The molecule has 1 amide bonds. The Morgan fingerprint density at radius 1 is 1.47 bits per heavy atom. The average Bonchev–Trinajstić information content (AvgIpc) is 2.29. The van der Waals surface area contributed by atoms with E-state index in [-0.39, 0.29) is 23.9 Å². The number of hydrogen-bond donors (Lipinski definition) is 2. The molecule has 3 heteroatoms. The zero-order chi connectivity index (χ0) is 12.8. The fraction of sp³-hybridized carbons (Fsp3) is 0.929. The van der Waals surface area contributed by atoms with Gasteiger partial charge in [-0.05, 0) is 38.5 Å². The van der Waals surface area contributed by atoms with Gasteiger partial charge in [0.2, 0.25) is 5.91 Å². The lowest BCUT2D eigenvalue weighted by atomic mass is 9.78. The van der Waals surface area contributed by atoms with E-state index in [9.17, 15) is 4.79 Å². The van der Waals surface area contributed by atoms with Crippen LogP contribution in [0.1, 0.15) is 59.3 Å². The lowest BCUT2D eigenvalue weighted by molar-refractivity contribution is -0.127. The van der Waals surface area contributed by atoms with Crippen molar-refractivity contribution >= 4 is 5.91 Å². The van der Waals surface area contributed by atoms with E-state index in [1.807, 2.05) is 0 Å². The molecule has 3 N–H and O–H groups in total. The molecule has 4 atom stereocenters. The largest absolute Gasteiger partial charge is 0.353 e. The maximum atomic E-state index is 12.1. The smallest absolute Gasteiger partial charge is 0.224 e. The summed E-state index contributed by atoms with van der Waals surface area (Å²) >= 11 is 0. The highest BCUT2D eigenvalue weighted by molar-refractivity contribution is 5.79. The summed E-state index contributed by atoms with van der Waals surface area (Å²) < 4.78 is 0. The van der Waals surface area contributed by atoms with Crippen molar-refractivity contribution in [3.05, 3.63) is 0 Å². The summed E-state index contributed by atoms with van der Waals surface area (Å²) in [5.41, 5.74) is 6.06. The molecule has 0 aromatic rings. The Labute approximate surface area is 106 Å². The van der Waals surface area contributed by atoms with Crippen molar-refractivity contribution in [3.63, 3.8) is 0 Å². The zero-order valence-electron chi connectivity index (χ0n) is 11.5. The van der Waals surface area contributed by atoms with Gasteiger partial charge in [-0.15, -0.1) is 0 Å². The highest BCUT2D eigenvalue weighted by Crippen LogP contribution is 2.28. The maximum absolute atomic E-state index is 12.1. The molecule has 1 aliphatic rings. The molecule has 0 spiro atoms. The number of carbonyl (C=O) groups is 1. The maximum Gasteiger partial charge on any atom is 0.224 e. The van der Waals surface area contributed by atoms with Gasteiger partial charge in [0.1, 0.15) is 0 Å². The van der Waals surface area contributed by atoms with E-state index in [0.717, 1.165) is 25.7 Å². The number of nitrogens with one attached hydrogen (secondary N) is 1. The molecular formula is C14H28N2O. The molecule has 0 heterocycles.